The third-order valence-electron chi connectivity index (χ3n) is 4.67. The van der Waals surface area contributed by atoms with E-state index in [0.29, 0.717) is 30.8 Å². The lowest BCUT2D eigenvalue weighted by molar-refractivity contribution is 0.0697. The van der Waals surface area contributed by atoms with Crippen LogP contribution < -0.4 is 9.62 Å². The van der Waals surface area contributed by atoms with Gasteiger partial charge in [-0.2, -0.15) is 0 Å². The van der Waals surface area contributed by atoms with Crippen molar-refractivity contribution in [1.82, 2.24) is 0 Å². The van der Waals surface area contributed by atoms with Crippen LogP contribution >= 0.6 is 0 Å². The molecule has 28 heavy (non-hydrogen) atoms. The fourth-order valence-electron chi connectivity index (χ4n) is 3.32. The highest BCUT2D eigenvalue weighted by atomic mass is 32.2. The Morgan fingerprint density at radius 3 is 2.64 bits per heavy atom. The minimum Gasteiger partial charge on any atom is -0.478 e. The molecule has 1 unspecified atom stereocenters. The van der Waals surface area contributed by atoms with Crippen molar-refractivity contribution in [2.24, 2.45) is 5.92 Å². The van der Waals surface area contributed by atoms with E-state index in [9.17, 15) is 27.1 Å². The van der Waals surface area contributed by atoms with Crippen molar-refractivity contribution in [3.63, 3.8) is 0 Å². The molecule has 0 bridgehead atoms. The van der Waals surface area contributed by atoms with Crippen molar-refractivity contribution in [3.05, 3.63) is 53.6 Å². The molecule has 6 nitrogen and oxygen atoms in total. The highest BCUT2D eigenvalue weighted by Gasteiger charge is 2.25. The van der Waals surface area contributed by atoms with Crippen LogP contribution in [0.4, 0.5) is 20.2 Å². The Bertz CT molecular complexity index is 1010. The minimum atomic E-state index is -4.47. The number of hydrogen-bond acceptors (Lipinski definition) is 4. The predicted octanol–water partition coefficient (Wildman–Crippen LogP) is 3.70. The van der Waals surface area contributed by atoms with Gasteiger partial charge in [0.15, 0.2) is 0 Å². The number of rotatable bonds is 5. The van der Waals surface area contributed by atoms with Gasteiger partial charge in [0, 0.05) is 13.1 Å². The number of halogens is 2. The zero-order chi connectivity index (χ0) is 20.5. The Morgan fingerprint density at radius 1 is 1.21 bits per heavy atom. The summed E-state index contributed by atoms with van der Waals surface area (Å²) in [6.07, 6.45) is 1.95. The van der Waals surface area contributed by atoms with Gasteiger partial charge in [0.05, 0.1) is 16.9 Å². The van der Waals surface area contributed by atoms with E-state index in [0.717, 1.165) is 25.0 Å². The molecule has 2 aromatic carbocycles. The molecule has 9 heteroatoms. The van der Waals surface area contributed by atoms with Gasteiger partial charge >= 0.3 is 5.97 Å². The Balaban J connectivity index is 2.04. The summed E-state index contributed by atoms with van der Waals surface area (Å²) in [6, 6.07) is 6.23. The van der Waals surface area contributed by atoms with Crippen molar-refractivity contribution in [2.75, 3.05) is 22.7 Å². The predicted molar refractivity (Wildman–Crippen MR) is 101 cm³/mol. The Morgan fingerprint density at radius 2 is 1.96 bits per heavy atom. The summed E-state index contributed by atoms with van der Waals surface area (Å²) in [6.45, 7) is 3.43. The average molecular weight is 410 g/mol. The van der Waals surface area contributed by atoms with E-state index in [2.05, 4.69) is 11.6 Å². The molecule has 1 aliphatic heterocycles. The number of anilines is 2. The number of sulfonamides is 1. The number of nitrogens with one attached hydrogen (secondary N) is 1. The van der Waals surface area contributed by atoms with Gasteiger partial charge in [-0.15, -0.1) is 0 Å². The molecule has 2 aromatic rings. The summed E-state index contributed by atoms with van der Waals surface area (Å²) in [7, 11) is -4.47. The summed E-state index contributed by atoms with van der Waals surface area (Å²) in [5, 5.41) is 9.25. The number of carboxylic acid groups (broad SMARTS) is 1. The molecule has 1 saturated heterocycles. The number of piperidine rings is 1. The van der Waals surface area contributed by atoms with Gasteiger partial charge in [-0.05, 0) is 55.2 Å². The Kier molecular flexibility index (Phi) is 5.55. The van der Waals surface area contributed by atoms with Gasteiger partial charge in [0.1, 0.15) is 16.5 Å². The van der Waals surface area contributed by atoms with Crippen molar-refractivity contribution in [3.8, 4) is 0 Å². The first-order valence-corrected chi connectivity index (χ1v) is 10.3. The van der Waals surface area contributed by atoms with E-state index in [1.54, 1.807) is 0 Å². The fraction of sp³-hybridized carbons (Fsp3) is 0.316. The summed E-state index contributed by atoms with van der Waals surface area (Å²) >= 11 is 0. The van der Waals surface area contributed by atoms with E-state index in [-0.39, 0.29) is 11.3 Å². The zero-order valence-corrected chi connectivity index (χ0v) is 16.0. The number of carboxylic acids is 1. The highest BCUT2D eigenvalue weighted by molar-refractivity contribution is 7.92. The largest absolute Gasteiger partial charge is 0.478 e. The number of carbonyl (C=O) groups is 1. The third kappa shape index (κ3) is 4.24. The molecule has 1 aliphatic rings. The molecular weight excluding hydrogens is 390 g/mol. The van der Waals surface area contributed by atoms with Crippen LogP contribution in [0.5, 0.6) is 0 Å². The van der Waals surface area contributed by atoms with Gasteiger partial charge in [-0.3, -0.25) is 4.72 Å². The van der Waals surface area contributed by atoms with Crippen LogP contribution in [0.1, 0.15) is 30.1 Å². The molecule has 0 amide bonds. The third-order valence-corrected chi connectivity index (χ3v) is 6.05. The summed E-state index contributed by atoms with van der Waals surface area (Å²) in [5.74, 6) is -2.84. The SMILES string of the molecule is CC1CCCN(c2ccc(C(=O)O)cc2NS(=O)(=O)c2cc(F)ccc2F)C1. The molecular formula is C19H20F2N2O4S. The lowest BCUT2D eigenvalue weighted by Gasteiger charge is -2.34. The van der Waals surface area contributed by atoms with Gasteiger partial charge in [-0.1, -0.05) is 6.92 Å². The van der Waals surface area contributed by atoms with E-state index >= 15 is 0 Å². The topological polar surface area (TPSA) is 86.7 Å². The van der Waals surface area contributed by atoms with E-state index in [1.165, 1.54) is 18.2 Å². The molecule has 3 rings (SSSR count). The van der Waals surface area contributed by atoms with Crippen LogP contribution in [0.3, 0.4) is 0 Å². The Hall–Kier alpha value is -2.68. The molecule has 1 atom stereocenters. The molecule has 0 saturated carbocycles. The minimum absolute atomic E-state index is 0.0117. The standard InChI is InChI=1S/C19H20F2N2O4S/c1-12-3-2-8-23(11-12)17-7-4-13(19(24)25)9-16(17)22-28(26,27)18-10-14(20)5-6-15(18)21/h4-7,9-10,12,22H,2-3,8,11H2,1H3,(H,24,25). The highest BCUT2D eigenvalue weighted by Crippen LogP contribution is 2.33. The van der Waals surface area contributed by atoms with Crippen molar-refractivity contribution < 1.29 is 27.1 Å². The fourth-order valence-corrected chi connectivity index (χ4v) is 4.47. The second-order valence-corrected chi connectivity index (χ2v) is 8.56. The zero-order valence-electron chi connectivity index (χ0n) is 15.2. The first-order valence-electron chi connectivity index (χ1n) is 8.77. The van der Waals surface area contributed by atoms with Gasteiger partial charge in [-0.25, -0.2) is 22.0 Å². The first kappa shape index (κ1) is 20.1. The monoisotopic (exact) mass is 410 g/mol. The number of aromatic carboxylic acids is 1. The molecule has 0 aliphatic carbocycles. The molecule has 150 valence electrons. The quantitative estimate of drug-likeness (QED) is 0.785. The molecule has 0 radical (unpaired) electrons. The number of benzene rings is 2. The molecule has 1 fully saturated rings. The second kappa shape index (κ2) is 7.75. The summed E-state index contributed by atoms with van der Waals surface area (Å²) in [4.78, 5) is 12.4. The van der Waals surface area contributed by atoms with E-state index in [1.807, 2.05) is 4.90 Å². The summed E-state index contributed by atoms with van der Waals surface area (Å²) < 4.78 is 55.0. The van der Waals surface area contributed by atoms with Gasteiger partial charge in [0.25, 0.3) is 10.0 Å². The number of nitrogens with zero attached hydrogens (tertiary/aromatic N) is 1. The van der Waals surface area contributed by atoms with Crippen LogP contribution in [-0.2, 0) is 10.0 Å². The van der Waals surface area contributed by atoms with Crippen LogP contribution in [0.2, 0.25) is 0 Å². The number of hydrogen-bond donors (Lipinski definition) is 2. The van der Waals surface area contributed by atoms with E-state index in [4.69, 9.17) is 0 Å². The van der Waals surface area contributed by atoms with Crippen molar-refractivity contribution in [2.45, 2.75) is 24.7 Å². The maximum Gasteiger partial charge on any atom is 0.335 e. The molecule has 0 aromatic heterocycles. The molecule has 2 N–H and O–H groups in total. The van der Waals surface area contributed by atoms with Crippen molar-refractivity contribution >= 4 is 27.4 Å². The first-order chi connectivity index (χ1) is 13.2. The van der Waals surface area contributed by atoms with Crippen LogP contribution in [0.15, 0.2) is 41.3 Å². The van der Waals surface area contributed by atoms with Crippen LogP contribution in [-0.4, -0.2) is 32.6 Å². The maximum absolute atomic E-state index is 14.0. The van der Waals surface area contributed by atoms with Crippen LogP contribution in [0.25, 0.3) is 0 Å². The second-order valence-electron chi connectivity index (χ2n) is 6.91. The van der Waals surface area contributed by atoms with Crippen LogP contribution in [0, 0.1) is 17.6 Å². The molecule has 0 spiro atoms. The maximum atomic E-state index is 14.0. The normalized spacial score (nSPS) is 17.4. The summed E-state index contributed by atoms with van der Waals surface area (Å²) in [5.41, 5.74) is 0.390. The van der Waals surface area contributed by atoms with E-state index < -0.39 is 32.5 Å². The lowest BCUT2D eigenvalue weighted by Crippen LogP contribution is -2.35. The van der Waals surface area contributed by atoms with Gasteiger partial charge < -0.3 is 10.0 Å². The Labute approximate surface area is 161 Å². The molecule has 1 heterocycles. The van der Waals surface area contributed by atoms with Crippen molar-refractivity contribution in [1.29, 1.82) is 0 Å². The van der Waals surface area contributed by atoms with Gasteiger partial charge in [0.2, 0.25) is 0 Å². The smallest absolute Gasteiger partial charge is 0.335 e. The lowest BCUT2D eigenvalue weighted by atomic mass is 9.99. The average Bonchev–Trinajstić information content (AvgIpc) is 2.63.